The molecule has 2 aliphatic rings. The van der Waals surface area contributed by atoms with Gasteiger partial charge in [0.1, 0.15) is 0 Å². The molecule has 0 bridgehead atoms. The van der Waals surface area contributed by atoms with Crippen LogP contribution in [0.2, 0.25) is 0 Å². The maximum absolute atomic E-state index is 13.0. The summed E-state index contributed by atoms with van der Waals surface area (Å²) < 4.78 is 29.4. The molecule has 0 N–H and O–H groups in total. The van der Waals surface area contributed by atoms with Crippen molar-refractivity contribution < 1.29 is 17.9 Å². The summed E-state index contributed by atoms with van der Waals surface area (Å²) in [5, 5.41) is 0. The van der Waals surface area contributed by atoms with Crippen LogP contribution in [-0.2, 0) is 14.6 Å². The molecule has 0 aromatic carbocycles. The van der Waals surface area contributed by atoms with Gasteiger partial charge in [-0.25, -0.2) is 8.42 Å². The van der Waals surface area contributed by atoms with Gasteiger partial charge in [-0.1, -0.05) is 0 Å². The smallest absolute Gasteiger partial charge is 0.255 e. The zero-order valence-electron chi connectivity index (χ0n) is 13.6. The van der Waals surface area contributed by atoms with Crippen LogP contribution in [0.4, 0.5) is 0 Å². The number of hydrogen-bond acceptors (Lipinski definition) is 5. The summed E-state index contributed by atoms with van der Waals surface area (Å²) in [5.41, 5.74) is 0.704. The van der Waals surface area contributed by atoms with Crippen molar-refractivity contribution in [2.24, 2.45) is 0 Å². The first-order valence-electron chi connectivity index (χ1n) is 8.06. The molecule has 128 valence electrons. The molecular weight excluding hydrogens is 334 g/mol. The van der Waals surface area contributed by atoms with E-state index < -0.39 is 9.84 Å². The van der Waals surface area contributed by atoms with E-state index in [1.54, 1.807) is 16.2 Å². The van der Waals surface area contributed by atoms with E-state index >= 15 is 0 Å². The van der Waals surface area contributed by atoms with Crippen LogP contribution in [0.5, 0.6) is 0 Å². The Morgan fingerprint density at radius 2 is 2.17 bits per heavy atom. The number of amides is 1. The Hall–Kier alpha value is -0.920. The van der Waals surface area contributed by atoms with Crippen molar-refractivity contribution in [2.75, 3.05) is 24.7 Å². The van der Waals surface area contributed by atoms with Crippen molar-refractivity contribution in [1.29, 1.82) is 0 Å². The molecule has 23 heavy (non-hydrogen) atoms. The lowest BCUT2D eigenvalue weighted by molar-refractivity contribution is 0.0441. The molecule has 0 saturated carbocycles. The van der Waals surface area contributed by atoms with Crippen LogP contribution < -0.4 is 0 Å². The average Bonchev–Trinajstić information content (AvgIpc) is 3.17. The number of sulfone groups is 1. The molecule has 2 saturated heterocycles. The average molecular weight is 357 g/mol. The molecule has 7 heteroatoms. The molecule has 0 spiro atoms. The van der Waals surface area contributed by atoms with Crippen molar-refractivity contribution in [1.82, 2.24) is 4.90 Å². The molecule has 1 aromatic rings. The summed E-state index contributed by atoms with van der Waals surface area (Å²) >= 11 is 1.60. The lowest BCUT2D eigenvalue weighted by Crippen LogP contribution is -2.45. The zero-order valence-corrected chi connectivity index (χ0v) is 15.2. The second-order valence-corrected chi connectivity index (χ2v) is 10.2. The van der Waals surface area contributed by atoms with Gasteiger partial charge in [-0.15, -0.1) is 11.3 Å². The van der Waals surface area contributed by atoms with E-state index in [1.807, 2.05) is 19.9 Å². The minimum atomic E-state index is -3.03. The van der Waals surface area contributed by atoms with Crippen LogP contribution in [-0.4, -0.2) is 56.0 Å². The van der Waals surface area contributed by atoms with Gasteiger partial charge in [-0.3, -0.25) is 4.79 Å². The van der Waals surface area contributed by atoms with Gasteiger partial charge >= 0.3 is 0 Å². The predicted molar refractivity (Wildman–Crippen MR) is 90.9 cm³/mol. The molecule has 1 aromatic heterocycles. The fourth-order valence-electron chi connectivity index (χ4n) is 3.42. The molecule has 1 amide bonds. The highest BCUT2D eigenvalue weighted by Crippen LogP contribution is 2.27. The Balaban J connectivity index is 1.84. The standard InChI is InChI=1S/C16H23NO4S2/c1-11-8-15(12(2)22-11)16(18)17(9-14-4-3-6-21-14)13-5-7-23(19,20)10-13/h8,13-14H,3-7,9-10H2,1-2H3/t13-,14+/m1/s1. The first kappa shape index (κ1) is 16.9. The van der Waals surface area contributed by atoms with Crippen LogP contribution in [0.1, 0.15) is 39.4 Å². The first-order valence-corrected chi connectivity index (χ1v) is 10.7. The Morgan fingerprint density at radius 3 is 2.70 bits per heavy atom. The highest BCUT2D eigenvalue weighted by atomic mass is 32.2. The number of nitrogens with zero attached hydrogens (tertiary/aromatic N) is 1. The third-order valence-electron chi connectivity index (χ3n) is 4.61. The van der Waals surface area contributed by atoms with E-state index in [4.69, 9.17) is 4.74 Å². The molecule has 2 fully saturated rings. The van der Waals surface area contributed by atoms with Gasteiger partial charge < -0.3 is 9.64 Å². The molecule has 0 radical (unpaired) electrons. The Bertz CT molecular complexity index is 689. The van der Waals surface area contributed by atoms with Crippen LogP contribution in [0.15, 0.2) is 6.07 Å². The number of thiophene rings is 1. The van der Waals surface area contributed by atoms with Gasteiger partial charge in [-0.05, 0) is 39.2 Å². The van der Waals surface area contributed by atoms with Gasteiger partial charge in [0.2, 0.25) is 0 Å². The van der Waals surface area contributed by atoms with E-state index in [1.165, 1.54) is 0 Å². The SMILES string of the molecule is Cc1cc(C(=O)N(C[C@@H]2CCCO2)[C@@H]2CCS(=O)(=O)C2)c(C)s1. The van der Waals surface area contributed by atoms with Gasteiger partial charge in [0.15, 0.2) is 9.84 Å². The van der Waals surface area contributed by atoms with E-state index in [2.05, 4.69) is 0 Å². The Morgan fingerprint density at radius 1 is 1.39 bits per heavy atom. The predicted octanol–water partition coefficient (Wildman–Crippen LogP) is 2.17. The normalized spacial score (nSPS) is 26.5. The molecule has 3 heterocycles. The summed E-state index contributed by atoms with van der Waals surface area (Å²) in [7, 11) is -3.03. The van der Waals surface area contributed by atoms with Crippen LogP contribution in [0.3, 0.4) is 0 Å². The van der Waals surface area contributed by atoms with Gasteiger partial charge in [0.25, 0.3) is 5.91 Å². The minimum Gasteiger partial charge on any atom is -0.376 e. The molecule has 0 unspecified atom stereocenters. The monoisotopic (exact) mass is 357 g/mol. The number of carbonyl (C=O) groups excluding carboxylic acids is 1. The molecule has 2 aliphatic heterocycles. The topological polar surface area (TPSA) is 63.7 Å². The lowest BCUT2D eigenvalue weighted by Gasteiger charge is -2.30. The summed E-state index contributed by atoms with van der Waals surface area (Å²) in [6.45, 7) is 5.15. The second kappa shape index (κ2) is 6.53. The zero-order chi connectivity index (χ0) is 16.6. The molecule has 2 atom stereocenters. The summed E-state index contributed by atoms with van der Waals surface area (Å²) in [4.78, 5) is 16.9. The van der Waals surface area contributed by atoms with E-state index in [0.717, 1.165) is 29.2 Å². The third kappa shape index (κ3) is 3.78. The van der Waals surface area contributed by atoms with Gasteiger partial charge in [-0.2, -0.15) is 0 Å². The van der Waals surface area contributed by atoms with Crippen LogP contribution in [0, 0.1) is 13.8 Å². The number of ether oxygens (including phenoxy) is 1. The molecule has 0 aliphatic carbocycles. The summed E-state index contributed by atoms with van der Waals surface area (Å²) in [5.74, 6) is 0.201. The summed E-state index contributed by atoms with van der Waals surface area (Å²) in [6.07, 6.45) is 2.50. The fraction of sp³-hybridized carbons (Fsp3) is 0.688. The van der Waals surface area contributed by atoms with Gasteiger partial charge in [0.05, 0.1) is 23.2 Å². The van der Waals surface area contributed by atoms with Gasteiger partial charge in [0, 0.05) is 28.9 Å². The molecule has 3 rings (SSSR count). The van der Waals surface area contributed by atoms with Crippen molar-refractivity contribution >= 4 is 27.1 Å². The van der Waals surface area contributed by atoms with E-state index in [9.17, 15) is 13.2 Å². The number of carbonyl (C=O) groups is 1. The number of aryl methyl sites for hydroxylation is 2. The van der Waals surface area contributed by atoms with E-state index in [-0.39, 0.29) is 29.6 Å². The third-order valence-corrected chi connectivity index (χ3v) is 7.32. The van der Waals surface area contributed by atoms with Crippen molar-refractivity contribution in [2.45, 2.75) is 45.3 Å². The van der Waals surface area contributed by atoms with Crippen molar-refractivity contribution in [3.63, 3.8) is 0 Å². The molecular formula is C16H23NO4S2. The second-order valence-electron chi connectivity index (χ2n) is 6.48. The number of rotatable bonds is 4. The first-order chi connectivity index (χ1) is 10.9. The minimum absolute atomic E-state index is 0.0299. The Kier molecular flexibility index (Phi) is 4.80. The fourth-order valence-corrected chi connectivity index (χ4v) is 6.07. The van der Waals surface area contributed by atoms with Crippen LogP contribution >= 0.6 is 11.3 Å². The quantitative estimate of drug-likeness (QED) is 0.828. The summed E-state index contributed by atoms with van der Waals surface area (Å²) in [6, 6.07) is 1.69. The van der Waals surface area contributed by atoms with E-state index in [0.29, 0.717) is 18.5 Å². The van der Waals surface area contributed by atoms with Crippen LogP contribution in [0.25, 0.3) is 0 Å². The Labute approximate surface area is 141 Å². The number of hydrogen-bond donors (Lipinski definition) is 0. The lowest BCUT2D eigenvalue weighted by atomic mass is 10.1. The maximum atomic E-state index is 13.0. The highest BCUT2D eigenvalue weighted by molar-refractivity contribution is 7.91. The highest BCUT2D eigenvalue weighted by Gasteiger charge is 2.37. The largest absolute Gasteiger partial charge is 0.376 e. The maximum Gasteiger partial charge on any atom is 0.255 e. The van der Waals surface area contributed by atoms with Crippen molar-refractivity contribution in [3.8, 4) is 0 Å². The molecule has 5 nitrogen and oxygen atoms in total. The van der Waals surface area contributed by atoms with Crippen molar-refractivity contribution in [3.05, 3.63) is 21.4 Å².